The van der Waals surface area contributed by atoms with Gasteiger partial charge in [0, 0.05) is 18.7 Å². The van der Waals surface area contributed by atoms with E-state index in [1.807, 2.05) is 6.92 Å². The van der Waals surface area contributed by atoms with E-state index >= 15 is 0 Å². The first-order chi connectivity index (χ1) is 15.4. The van der Waals surface area contributed by atoms with Crippen LogP contribution in [-0.2, 0) is 19.1 Å². The number of hydrogen-bond acceptors (Lipinski definition) is 7. The number of nitrogens with one attached hydrogen (secondary N) is 1. The third-order valence-corrected chi connectivity index (χ3v) is 5.06. The Morgan fingerprint density at radius 2 is 1.72 bits per heavy atom. The van der Waals surface area contributed by atoms with Gasteiger partial charge in [0.1, 0.15) is 5.75 Å². The summed E-state index contributed by atoms with van der Waals surface area (Å²) in [5.41, 5.74) is 1.02. The van der Waals surface area contributed by atoms with E-state index in [1.165, 1.54) is 37.3 Å². The van der Waals surface area contributed by atoms with Crippen LogP contribution in [-0.4, -0.2) is 51.1 Å². The molecule has 2 amide bonds. The van der Waals surface area contributed by atoms with Gasteiger partial charge in [-0.3, -0.25) is 9.59 Å². The summed E-state index contributed by atoms with van der Waals surface area (Å²) in [7, 11) is 2.45. The summed E-state index contributed by atoms with van der Waals surface area (Å²) in [5, 5.41) is 2.66. The molecule has 0 aliphatic carbocycles. The van der Waals surface area contributed by atoms with Gasteiger partial charge in [0.15, 0.2) is 0 Å². The van der Waals surface area contributed by atoms with E-state index in [9.17, 15) is 19.2 Å². The first-order valence-corrected chi connectivity index (χ1v) is 10.0. The third-order valence-electron chi connectivity index (χ3n) is 5.06. The predicted octanol–water partition coefficient (Wildman–Crippen LogP) is 2.65. The van der Waals surface area contributed by atoms with Crippen LogP contribution in [0.15, 0.2) is 42.5 Å². The molecule has 1 saturated heterocycles. The molecule has 2 aromatic rings. The minimum atomic E-state index is -0.671. The summed E-state index contributed by atoms with van der Waals surface area (Å²) in [6, 6.07) is 11.2. The van der Waals surface area contributed by atoms with Gasteiger partial charge in [-0.15, -0.1) is 0 Å². The lowest BCUT2D eigenvalue weighted by molar-refractivity contribution is -0.122. The van der Waals surface area contributed by atoms with Gasteiger partial charge in [-0.05, 0) is 49.4 Å². The van der Waals surface area contributed by atoms with Crippen LogP contribution in [0.3, 0.4) is 0 Å². The quantitative estimate of drug-likeness (QED) is 0.659. The lowest BCUT2D eigenvalue weighted by Crippen LogP contribution is -2.28. The zero-order valence-corrected chi connectivity index (χ0v) is 18.0. The Bertz CT molecular complexity index is 1030. The maximum atomic E-state index is 12.9. The van der Waals surface area contributed by atoms with Crippen molar-refractivity contribution in [1.29, 1.82) is 0 Å². The number of rotatable bonds is 7. The summed E-state index contributed by atoms with van der Waals surface area (Å²) >= 11 is 0. The normalized spacial score (nSPS) is 15.3. The molecule has 1 atom stereocenters. The minimum absolute atomic E-state index is 0.0172. The molecule has 9 heteroatoms. The molecular formula is C23H24N2O7. The smallest absolute Gasteiger partial charge is 0.339 e. The Balaban J connectivity index is 1.77. The topological polar surface area (TPSA) is 111 Å². The van der Waals surface area contributed by atoms with Gasteiger partial charge >= 0.3 is 11.9 Å². The predicted molar refractivity (Wildman–Crippen MR) is 116 cm³/mol. The SMILES string of the molecule is CCOc1ccc(N2C[C@H](C(=O)Nc3cc(C(=O)OC)ccc3C(=O)OC)CC2=O)cc1. The van der Waals surface area contributed by atoms with Crippen molar-refractivity contribution in [2.45, 2.75) is 13.3 Å². The van der Waals surface area contributed by atoms with Crippen molar-refractivity contribution in [3.8, 4) is 5.75 Å². The molecule has 1 aliphatic heterocycles. The van der Waals surface area contributed by atoms with Crippen LogP contribution in [0.2, 0.25) is 0 Å². The molecule has 1 heterocycles. The van der Waals surface area contributed by atoms with E-state index in [0.717, 1.165) is 0 Å². The van der Waals surface area contributed by atoms with Gasteiger partial charge in [0.25, 0.3) is 0 Å². The van der Waals surface area contributed by atoms with Gasteiger partial charge in [0.05, 0.1) is 43.6 Å². The summed E-state index contributed by atoms with van der Waals surface area (Å²) in [6.45, 7) is 2.60. The molecule has 0 bridgehead atoms. The van der Waals surface area contributed by atoms with Crippen LogP contribution in [0.1, 0.15) is 34.1 Å². The molecule has 1 N–H and O–H groups in total. The molecule has 3 rings (SSSR count). The average Bonchev–Trinajstić information content (AvgIpc) is 3.20. The van der Waals surface area contributed by atoms with Crippen molar-refractivity contribution in [3.63, 3.8) is 0 Å². The van der Waals surface area contributed by atoms with Crippen LogP contribution in [0.4, 0.5) is 11.4 Å². The number of nitrogens with zero attached hydrogens (tertiary/aromatic N) is 1. The number of methoxy groups -OCH3 is 2. The number of ether oxygens (including phenoxy) is 3. The second kappa shape index (κ2) is 9.95. The monoisotopic (exact) mass is 440 g/mol. The molecule has 0 spiro atoms. The highest BCUT2D eigenvalue weighted by Gasteiger charge is 2.35. The lowest BCUT2D eigenvalue weighted by Gasteiger charge is -2.18. The highest BCUT2D eigenvalue weighted by molar-refractivity contribution is 6.07. The van der Waals surface area contributed by atoms with Crippen LogP contribution in [0.25, 0.3) is 0 Å². The molecule has 0 aromatic heterocycles. The number of anilines is 2. The molecular weight excluding hydrogens is 416 g/mol. The van der Waals surface area contributed by atoms with Gasteiger partial charge in [0.2, 0.25) is 11.8 Å². The van der Waals surface area contributed by atoms with E-state index in [0.29, 0.717) is 18.0 Å². The zero-order valence-electron chi connectivity index (χ0n) is 18.0. The van der Waals surface area contributed by atoms with E-state index in [4.69, 9.17) is 14.2 Å². The standard InChI is InChI=1S/C23H24N2O7/c1-4-32-17-8-6-16(7-9-17)25-13-15(12-20(25)26)21(27)24-19-11-14(22(28)30-2)5-10-18(19)23(29)31-3/h5-11,15H,4,12-13H2,1-3H3,(H,24,27)/t15-/m1/s1. The Morgan fingerprint density at radius 3 is 2.34 bits per heavy atom. The number of hydrogen-bond donors (Lipinski definition) is 1. The third kappa shape index (κ3) is 4.88. The van der Waals surface area contributed by atoms with Crippen molar-refractivity contribution in [1.82, 2.24) is 0 Å². The van der Waals surface area contributed by atoms with Gasteiger partial charge in [-0.25, -0.2) is 9.59 Å². The number of carbonyl (C=O) groups excluding carboxylic acids is 4. The Labute approximate surface area is 185 Å². The van der Waals surface area contributed by atoms with Crippen LogP contribution >= 0.6 is 0 Å². The zero-order chi connectivity index (χ0) is 23.3. The Morgan fingerprint density at radius 1 is 1.03 bits per heavy atom. The highest BCUT2D eigenvalue weighted by Crippen LogP contribution is 2.28. The first-order valence-electron chi connectivity index (χ1n) is 10.0. The average molecular weight is 440 g/mol. The molecule has 0 saturated carbocycles. The first kappa shape index (κ1) is 22.8. The molecule has 32 heavy (non-hydrogen) atoms. The Hall–Kier alpha value is -3.88. The lowest BCUT2D eigenvalue weighted by atomic mass is 10.1. The van der Waals surface area contributed by atoms with Crippen molar-refractivity contribution in [2.75, 3.05) is 37.6 Å². The number of carbonyl (C=O) groups is 4. The molecule has 0 radical (unpaired) electrons. The summed E-state index contributed by atoms with van der Waals surface area (Å²) in [5.74, 6) is -1.87. The van der Waals surface area contributed by atoms with Gasteiger partial charge in [-0.1, -0.05) is 0 Å². The maximum absolute atomic E-state index is 12.9. The maximum Gasteiger partial charge on any atom is 0.339 e. The number of amides is 2. The van der Waals surface area contributed by atoms with Crippen molar-refractivity contribution >= 4 is 35.1 Å². The highest BCUT2D eigenvalue weighted by atomic mass is 16.5. The molecule has 1 fully saturated rings. The fraction of sp³-hybridized carbons (Fsp3) is 0.304. The molecule has 9 nitrogen and oxygen atoms in total. The summed E-state index contributed by atoms with van der Waals surface area (Å²) < 4.78 is 14.9. The second-order valence-corrected chi connectivity index (χ2v) is 7.07. The molecule has 2 aromatic carbocycles. The van der Waals surface area contributed by atoms with E-state index < -0.39 is 23.8 Å². The second-order valence-electron chi connectivity index (χ2n) is 7.07. The van der Waals surface area contributed by atoms with Crippen molar-refractivity contribution in [2.24, 2.45) is 5.92 Å². The van der Waals surface area contributed by atoms with E-state index in [-0.39, 0.29) is 35.7 Å². The van der Waals surface area contributed by atoms with E-state index in [2.05, 4.69) is 5.32 Å². The largest absolute Gasteiger partial charge is 0.494 e. The summed E-state index contributed by atoms with van der Waals surface area (Å²) in [6.07, 6.45) is 0.0172. The van der Waals surface area contributed by atoms with Crippen LogP contribution in [0, 0.1) is 5.92 Å². The molecule has 168 valence electrons. The van der Waals surface area contributed by atoms with Gasteiger partial charge in [-0.2, -0.15) is 0 Å². The van der Waals surface area contributed by atoms with Crippen molar-refractivity contribution in [3.05, 3.63) is 53.6 Å². The van der Waals surface area contributed by atoms with Gasteiger partial charge < -0.3 is 24.4 Å². The molecule has 1 aliphatic rings. The van der Waals surface area contributed by atoms with Crippen LogP contribution < -0.4 is 15.0 Å². The van der Waals surface area contributed by atoms with E-state index in [1.54, 1.807) is 24.3 Å². The number of benzene rings is 2. The fourth-order valence-electron chi connectivity index (χ4n) is 3.44. The molecule has 0 unspecified atom stereocenters. The fourth-order valence-corrected chi connectivity index (χ4v) is 3.44. The van der Waals surface area contributed by atoms with Crippen LogP contribution in [0.5, 0.6) is 5.75 Å². The Kier molecular flexibility index (Phi) is 7.09. The summed E-state index contributed by atoms with van der Waals surface area (Å²) in [4.78, 5) is 50.9. The van der Waals surface area contributed by atoms with Crippen molar-refractivity contribution < 1.29 is 33.4 Å². The number of esters is 2. The minimum Gasteiger partial charge on any atom is -0.494 e.